The van der Waals surface area contributed by atoms with Crippen LogP contribution in [0.3, 0.4) is 0 Å². The SMILES string of the molecule is O=C1N(C2CCS(=O)(=O)C2)C(c2ccsc2)NC12CC2. The normalized spacial score (nSPS) is 34.0. The summed E-state index contributed by atoms with van der Waals surface area (Å²) in [5.74, 6) is 0.401. The molecule has 0 aromatic carbocycles. The van der Waals surface area contributed by atoms with Crippen LogP contribution >= 0.6 is 11.3 Å². The van der Waals surface area contributed by atoms with Crippen molar-refractivity contribution in [2.24, 2.45) is 0 Å². The Morgan fingerprint density at radius 1 is 1.40 bits per heavy atom. The predicted octanol–water partition coefficient (Wildman–Crippen LogP) is 0.898. The molecule has 2 saturated heterocycles. The monoisotopic (exact) mass is 312 g/mol. The molecule has 1 aromatic rings. The molecule has 2 atom stereocenters. The van der Waals surface area contributed by atoms with E-state index >= 15 is 0 Å². The molecular weight excluding hydrogens is 296 g/mol. The van der Waals surface area contributed by atoms with Gasteiger partial charge >= 0.3 is 0 Å². The number of rotatable bonds is 2. The molecule has 3 aliphatic rings. The Labute approximate surface area is 121 Å². The number of sulfone groups is 1. The lowest BCUT2D eigenvalue weighted by molar-refractivity contribution is -0.132. The number of amides is 1. The summed E-state index contributed by atoms with van der Waals surface area (Å²) in [4.78, 5) is 14.5. The van der Waals surface area contributed by atoms with Gasteiger partial charge in [-0.3, -0.25) is 10.1 Å². The number of hydrogen-bond acceptors (Lipinski definition) is 5. The number of nitrogens with one attached hydrogen (secondary N) is 1. The zero-order valence-corrected chi connectivity index (χ0v) is 12.5. The highest BCUT2D eigenvalue weighted by Crippen LogP contribution is 2.47. The molecule has 0 bridgehead atoms. The number of carbonyl (C=O) groups is 1. The van der Waals surface area contributed by atoms with Crippen LogP contribution in [0.1, 0.15) is 31.0 Å². The van der Waals surface area contributed by atoms with Crippen molar-refractivity contribution in [2.45, 2.75) is 37.0 Å². The molecule has 1 spiro atoms. The summed E-state index contributed by atoms with van der Waals surface area (Å²) < 4.78 is 23.4. The fraction of sp³-hybridized carbons (Fsp3) is 0.615. The van der Waals surface area contributed by atoms with Gasteiger partial charge in [-0.2, -0.15) is 11.3 Å². The molecule has 5 nitrogen and oxygen atoms in total. The van der Waals surface area contributed by atoms with Crippen LogP contribution < -0.4 is 5.32 Å². The Hall–Kier alpha value is -0.920. The van der Waals surface area contributed by atoms with Crippen molar-refractivity contribution in [3.8, 4) is 0 Å². The molecule has 1 amide bonds. The Balaban J connectivity index is 1.69. The van der Waals surface area contributed by atoms with Gasteiger partial charge in [0.1, 0.15) is 11.7 Å². The van der Waals surface area contributed by atoms with Crippen LogP contribution in [-0.2, 0) is 14.6 Å². The molecule has 2 aliphatic heterocycles. The third-order valence-corrected chi connectivity index (χ3v) is 7.00. The van der Waals surface area contributed by atoms with E-state index in [0.29, 0.717) is 6.42 Å². The van der Waals surface area contributed by atoms with Gasteiger partial charge in [0.2, 0.25) is 5.91 Å². The van der Waals surface area contributed by atoms with Crippen LogP contribution in [-0.4, -0.2) is 42.3 Å². The summed E-state index contributed by atoms with van der Waals surface area (Å²) in [6.45, 7) is 0. The van der Waals surface area contributed by atoms with E-state index in [9.17, 15) is 13.2 Å². The summed E-state index contributed by atoms with van der Waals surface area (Å²) in [5.41, 5.74) is 0.662. The van der Waals surface area contributed by atoms with E-state index in [-0.39, 0.29) is 29.6 Å². The standard InChI is InChI=1S/C13H16N2O3S2/c16-12-13(3-4-13)14-11(9-1-5-19-7-9)15(12)10-2-6-20(17,18)8-10/h1,5,7,10-11,14H,2-4,6,8H2. The fourth-order valence-electron chi connectivity index (χ4n) is 3.29. The Kier molecular flexibility index (Phi) is 2.59. The Morgan fingerprint density at radius 2 is 2.20 bits per heavy atom. The summed E-state index contributed by atoms with van der Waals surface area (Å²) in [6, 6.07) is 1.83. The molecule has 1 N–H and O–H groups in total. The maximum atomic E-state index is 12.7. The highest BCUT2D eigenvalue weighted by molar-refractivity contribution is 7.91. The molecule has 3 heterocycles. The average Bonchev–Trinajstić information content (AvgIpc) is 2.75. The second kappa shape index (κ2) is 4.05. The summed E-state index contributed by atoms with van der Waals surface area (Å²) in [6.07, 6.45) is 2.13. The minimum absolute atomic E-state index is 0.0933. The second-order valence-corrected chi connectivity index (χ2v) is 8.96. The van der Waals surface area contributed by atoms with E-state index < -0.39 is 15.4 Å². The van der Waals surface area contributed by atoms with Crippen LogP contribution in [0, 0.1) is 0 Å². The first-order chi connectivity index (χ1) is 9.51. The maximum Gasteiger partial charge on any atom is 0.244 e. The molecule has 1 aliphatic carbocycles. The van der Waals surface area contributed by atoms with Gasteiger partial charge in [0.15, 0.2) is 9.84 Å². The lowest BCUT2D eigenvalue weighted by Crippen LogP contribution is -2.41. The van der Waals surface area contributed by atoms with Crippen LogP contribution in [0.2, 0.25) is 0 Å². The molecule has 0 radical (unpaired) electrons. The summed E-state index contributed by atoms with van der Waals surface area (Å²) >= 11 is 1.60. The van der Waals surface area contributed by atoms with Gasteiger partial charge in [-0.25, -0.2) is 8.42 Å². The molecule has 1 saturated carbocycles. The van der Waals surface area contributed by atoms with Crippen LogP contribution in [0.4, 0.5) is 0 Å². The largest absolute Gasteiger partial charge is 0.317 e. The van der Waals surface area contributed by atoms with Crippen molar-refractivity contribution in [2.75, 3.05) is 11.5 Å². The predicted molar refractivity (Wildman–Crippen MR) is 76.1 cm³/mol. The third kappa shape index (κ3) is 1.83. The average molecular weight is 312 g/mol. The van der Waals surface area contributed by atoms with E-state index in [2.05, 4.69) is 5.32 Å². The van der Waals surface area contributed by atoms with Gasteiger partial charge in [-0.1, -0.05) is 0 Å². The zero-order valence-electron chi connectivity index (χ0n) is 10.9. The topological polar surface area (TPSA) is 66.5 Å². The van der Waals surface area contributed by atoms with Crippen molar-refractivity contribution in [3.63, 3.8) is 0 Å². The Bertz CT molecular complexity index is 649. The van der Waals surface area contributed by atoms with E-state index in [4.69, 9.17) is 0 Å². The molecule has 7 heteroatoms. The maximum absolute atomic E-state index is 12.7. The minimum atomic E-state index is -2.98. The number of carbonyl (C=O) groups excluding carboxylic acids is 1. The van der Waals surface area contributed by atoms with Crippen LogP contribution in [0.15, 0.2) is 16.8 Å². The van der Waals surface area contributed by atoms with E-state index in [1.165, 1.54) is 0 Å². The molecular formula is C13H16N2O3S2. The number of thiophene rings is 1. The van der Waals surface area contributed by atoms with Crippen molar-refractivity contribution in [3.05, 3.63) is 22.4 Å². The van der Waals surface area contributed by atoms with Crippen LogP contribution in [0.5, 0.6) is 0 Å². The first kappa shape index (κ1) is 12.8. The third-order valence-electron chi connectivity index (χ3n) is 4.55. The first-order valence-electron chi connectivity index (χ1n) is 6.84. The molecule has 1 aromatic heterocycles. The quantitative estimate of drug-likeness (QED) is 0.881. The zero-order chi connectivity index (χ0) is 14.0. The molecule has 108 valence electrons. The van der Waals surface area contributed by atoms with E-state index in [1.807, 2.05) is 16.8 Å². The van der Waals surface area contributed by atoms with Crippen molar-refractivity contribution in [1.82, 2.24) is 10.2 Å². The van der Waals surface area contributed by atoms with Crippen molar-refractivity contribution in [1.29, 1.82) is 0 Å². The van der Waals surface area contributed by atoms with E-state index in [0.717, 1.165) is 18.4 Å². The van der Waals surface area contributed by atoms with E-state index in [1.54, 1.807) is 16.2 Å². The van der Waals surface area contributed by atoms with Crippen molar-refractivity contribution >= 4 is 27.1 Å². The van der Waals surface area contributed by atoms with Gasteiger partial charge in [0.25, 0.3) is 0 Å². The lowest BCUT2D eigenvalue weighted by Gasteiger charge is -2.29. The highest BCUT2D eigenvalue weighted by Gasteiger charge is 2.61. The molecule has 20 heavy (non-hydrogen) atoms. The van der Waals surface area contributed by atoms with Crippen molar-refractivity contribution < 1.29 is 13.2 Å². The molecule has 2 unspecified atom stereocenters. The lowest BCUT2D eigenvalue weighted by atomic mass is 10.1. The first-order valence-corrected chi connectivity index (χ1v) is 9.60. The molecule has 3 fully saturated rings. The fourth-order valence-corrected chi connectivity index (χ4v) is 5.68. The Morgan fingerprint density at radius 3 is 2.75 bits per heavy atom. The smallest absolute Gasteiger partial charge is 0.244 e. The second-order valence-electron chi connectivity index (χ2n) is 5.95. The summed E-state index contributed by atoms with van der Waals surface area (Å²) in [5, 5.41) is 7.46. The molecule has 4 rings (SSSR count). The van der Waals surface area contributed by atoms with Crippen LogP contribution in [0.25, 0.3) is 0 Å². The van der Waals surface area contributed by atoms with Gasteiger partial charge in [-0.15, -0.1) is 0 Å². The summed E-state index contributed by atoms with van der Waals surface area (Å²) in [7, 11) is -2.98. The van der Waals surface area contributed by atoms with Gasteiger partial charge in [-0.05, 0) is 41.7 Å². The minimum Gasteiger partial charge on any atom is -0.317 e. The van der Waals surface area contributed by atoms with Gasteiger partial charge in [0, 0.05) is 6.04 Å². The number of hydrogen-bond donors (Lipinski definition) is 1. The van der Waals surface area contributed by atoms with Gasteiger partial charge in [0.05, 0.1) is 11.5 Å². The van der Waals surface area contributed by atoms with Gasteiger partial charge < -0.3 is 4.90 Å². The number of nitrogens with zero attached hydrogens (tertiary/aromatic N) is 1. The highest BCUT2D eigenvalue weighted by atomic mass is 32.2.